The van der Waals surface area contributed by atoms with Gasteiger partial charge in [0, 0.05) is 24.7 Å². The molecule has 0 spiro atoms. The lowest BCUT2D eigenvalue weighted by atomic mass is 9.98. The van der Waals surface area contributed by atoms with Crippen molar-refractivity contribution in [2.75, 3.05) is 13.1 Å². The maximum atomic E-state index is 12.3. The Morgan fingerprint density at radius 3 is 2.77 bits per heavy atom. The number of aryl methyl sites for hydroxylation is 2. The van der Waals surface area contributed by atoms with E-state index in [0.717, 1.165) is 38.1 Å². The van der Waals surface area contributed by atoms with Gasteiger partial charge in [0.15, 0.2) is 0 Å². The molecule has 0 aromatic carbocycles. The minimum atomic E-state index is -0.437. The number of rotatable bonds is 1. The highest BCUT2D eigenvalue weighted by molar-refractivity contribution is 5.68. The Morgan fingerprint density at radius 2 is 2.05 bits per heavy atom. The molecule has 5 nitrogen and oxygen atoms in total. The monoisotopic (exact) mass is 305 g/mol. The van der Waals surface area contributed by atoms with Crippen LogP contribution in [0.1, 0.15) is 69.6 Å². The number of nitrogens with zero attached hydrogens (tertiary/aromatic N) is 2. The molecule has 1 fully saturated rings. The lowest BCUT2D eigenvalue weighted by molar-refractivity contribution is 0.0196. The van der Waals surface area contributed by atoms with E-state index in [-0.39, 0.29) is 6.09 Å². The first-order valence-corrected chi connectivity index (χ1v) is 8.48. The predicted molar refractivity (Wildman–Crippen MR) is 85.0 cm³/mol. The Labute approximate surface area is 132 Å². The van der Waals surface area contributed by atoms with Crippen molar-refractivity contribution in [1.82, 2.24) is 14.9 Å². The van der Waals surface area contributed by atoms with Crippen LogP contribution in [0.3, 0.4) is 0 Å². The number of hydrogen-bond acceptors (Lipinski definition) is 3. The fourth-order valence-electron chi connectivity index (χ4n) is 3.36. The summed E-state index contributed by atoms with van der Waals surface area (Å²) < 4.78 is 5.50. The van der Waals surface area contributed by atoms with E-state index in [1.54, 1.807) is 0 Å². The van der Waals surface area contributed by atoms with Crippen molar-refractivity contribution < 1.29 is 9.53 Å². The molecular weight excluding hydrogens is 278 g/mol. The molecule has 122 valence electrons. The zero-order chi connectivity index (χ0) is 15.7. The van der Waals surface area contributed by atoms with Crippen LogP contribution in [0.25, 0.3) is 0 Å². The highest BCUT2D eigenvalue weighted by Gasteiger charge is 2.30. The van der Waals surface area contributed by atoms with Crippen molar-refractivity contribution in [3.63, 3.8) is 0 Å². The fraction of sp³-hybridized carbons (Fsp3) is 0.765. The van der Waals surface area contributed by atoms with Crippen molar-refractivity contribution in [3.8, 4) is 0 Å². The van der Waals surface area contributed by atoms with E-state index in [0.29, 0.717) is 12.5 Å². The van der Waals surface area contributed by atoms with Crippen LogP contribution in [0, 0.1) is 0 Å². The third-order valence-electron chi connectivity index (χ3n) is 4.43. The minimum absolute atomic E-state index is 0.200. The molecule has 1 aliphatic carbocycles. The number of piperidine rings is 1. The minimum Gasteiger partial charge on any atom is -0.444 e. The smallest absolute Gasteiger partial charge is 0.410 e. The van der Waals surface area contributed by atoms with E-state index in [4.69, 9.17) is 9.72 Å². The van der Waals surface area contributed by atoms with E-state index in [2.05, 4.69) is 4.98 Å². The molecule has 3 rings (SSSR count). The second-order valence-corrected chi connectivity index (χ2v) is 7.52. The molecule has 1 saturated heterocycles. The average Bonchev–Trinajstić information content (AvgIpc) is 2.89. The Bertz CT molecular complexity index is 521. The summed E-state index contributed by atoms with van der Waals surface area (Å²) in [6, 6.07) is 0. The van der Waals surface area contributed by atoms with Gasteiger partial charge in [0.05, 0.1) is 5.69 Å². The van der Waals surface area contributed by atoms with Gasteiger partial charge in [-0.05, 0) is 59.3 Å². The van der Waals surface area contributed by atoms with E-state index >= 15 is 0 Å². The number of nitrogens with one attached hydrogen (secondary N) is 1. The Hall–Kier alpha value is -1.52. The number of amides is 1. The van der Waals surface area contributed by atoms with Crippen molar-refractivity contribution in [2.24, 2.45) is 0 Å². The molecule has 22 heavy (non-hydrogen) atoms. The standard InChI is InChI=1S/C17H27N3O2/c1-17(2,3)22-16(21)20-10-6-7-12(11-20)15-18-13-8-4-5-9-14(13)19-15/h12H,4-11H2,1-3H3,(H,18,19). The molecule has 1 unspecified atom stereocenters. The maximum Gasteiger partial charge on any atom is 0.410 e. The first kappa shape index (κ1) is 15.4. The summed E-state index contributed by atoms with van der Waals surface area (Å²) in [4.78, 5) is 22.4. The Kier molecular flexibility index (Phi) is 4.15. The van der Waals surface area contributed by atoms with Gasteiger partial charge in [0.1, 0.15) is 11.4 Å². The summed E-state index contributed by atoms with van der Waals surface area (Å²) >= 11 is 0. The lowest BCUT2D eigenvalue weighted by Gasteiger charge is -2.33. The van der Waals surface area contributed by atoms with Crippen LogP contribution in [0.5, 0.6) is 0 Å². The maximum absolute atomic E-state index is 12.3. The number of imidazole rings is 1. The quantitative estimate of drug-likeness (QED) is 0.865. The summed E-state index contributed by atoms with van der Waals surface area (Å²) in [5.41, 5.74) is 2.12. The molecule has 2 heterocycles. The molecule has 2 aliphatic rings. The summed E-state index contributed by atoms with van der Waals surface area (Å²) in [6.45, 7) is 7.22. The molecule has 1 N–H and O–H groups in total. The van der Waals surface area contributed by atoms with E-state index in [1.165, 1.54) is 24.2 Å². The summed E-state index contributed by atoms with van der Waals surface area (Å²) in [5.74, 6) is 1.38. The van der Waals surface area contributed by atoms with Crippen LogP contribution in [0.15, 0.2) is 0 Å². The van der Waals surface area contributed by atoms with Crippen LogP contribution in [0.4, 0.5) is 4.79 Å². The van der Waals surface area contributed by atoms with Crippen LogP contribution in [-0.2, 0) is 17.6 Å². The van der Waals surface area contributed by atoms with Gasteiger partial charge in [0.2, 0.25) is 0 Å². The van der Waals surface area contributed by atoms with E-state index in [9.17, 15) is 4.79 Å². The number of carbonyl (C=O) groups is 1. The molecule has 5 heteroatoms. The second kappa shape index (κ2) is 5.94. The van der Waals surface area contributed by atoms with Gasteiger partial charge in [0.25, 0.3) is 0 Å². The third kappa shape index (κ3) is 3.45. The van der Waals surface area contributed by atoms with Gasteiger partial charge in [-0.3, -0.25) is 0 Å². The molecule has 0 saturated carbocycles. The Morgan fingerprint density at radius 1 is 1.27 bits per heavy atom. The van der Waals surface area contributed by atoms with Crippen LogP contribution in [0.2, 0.25) is 0 Å². The highest BCUT2D eigenvalue weighted by Crippen LogP contribution is 2.28. The number of ether oxygens (including phenoxy) is 1. The normalized spacial score (nSPS) is 22.3. The van der Waals surface area contributed by atoms with Crippen LogP contribution >= 0.6 is 0 Å². The summed E-state index contributed by atoms with van der Waals surface area (Å²) in [7, 11) is 0. The topological polar surface area (TPSA) is 58.2 Å². The second-order valence-electron chi connectivity index (χ2n) is 7.52. The van der Waals surface area contributed by atoms with Crippen LogP contribution in [-0.4, -0.2) is 39.7 Å². The average molecular weight is 305 g/mol. The van der Waals surface area contributed by atoms with Crippen molar-refractivity contribution in [1.29, 1.82) is 0 Å². The Balaban J connectivity index is 1.68. The number of aromatic amines is 1. The van der Waals surface area contributed by atoms with E-state index < -0.39 is 5.60 Å². The number of likely N-dealkylation sites (tertiary alicyclic amines) is 1. The first-order valence-electron chi connectivity index (χ1n) is 8.48. The molecule has 1 aromatic heterocycles. The number of H-pyrrole nitrogens is 1. The van der Waals surface area contributed by atoms with Gasteiger partial charge >= 0.3 is 6.09 Å². The van der Waals surface area contributed by atoms with Gasteiger partial charge in [-0.15, -0.1) is 0 Å². The number of carbonyl (C=O) groups excluding carboxylic acids is 1. The lowest BCUT2D eigenvalue weighted by Crippen LogP contribution is -2.42. The molecule has 1 aliphatic heterocycles. The van der Waals surface area contributed by atoms with Crippen molar-refractivity contribution in [2.45, 2.75) is 70.8 Å². The summed E-state index contributed by atoms with van der Waals surface area (Å²) in [5, 5.41) is 0. The molecule has 1 aromatic rings. The van der Waals surface area contributed by atoms with Crippen molar-refractivity contribution >= 4 is 6.09 Å². The molecular formula is C17H27N3O2. The highest BCUT2D eigenvalue weighted by atomic mass is 16.6. The number of fused-ring (bicyclic) bond motifs is 1. The number of aromatic nitrogens is 2. The third-order valence-corrected chi connectivity index (χ3v) is 4.43. The van der Waals surface area contributed by atoms with Gasteiger partial charge in [-0.1, -0.05) is 0 Å². The number of hydrogen-bond donors (Lipinski definition) is 1. The van der Waals surface area contributed by atoms with Crippen LogP contribution < -0.4 is 0 Å². The van der Waals surface area contributed by atoms with Gasteiger partial charge in [-0.25, -0.2) is 9.78 Å². The largest absolute Gasteiger partial charge is 0.444 e. The zero-order valence-electron chi connectivity index (χ0n) is 13.9. The fourth-order valence-corrected chi connectivity index (χ4v) is 3.36. The van der Waals surface area contributed by atoms with E-state index in [1.807, 2.05) is 25.7 Å². The van der Waals surface area contributed by atoms with Crippen molar-refractivity contribution in [3.05, 3.63) is 17.2 Å². The summed E-state index contributed by atoms with van der Waals surface area (Å²) in [6.07, 6.45) is 6.60. The van der Waals surface area contributed by atoms with Gasteiger partial charge < -0.3 is 14.6 Å². The molecule has 1 atom stereocenters. The molecule has 1 amide bonds. The van der Waals surface area contributed by atoms with Gasteiger partial charge in [-0.2, -0.15) is 0 Å². The first-order chi connectivity index (χ1) is 10.4. The zero-order valence-corrected chi connectivity index (χ0v) is 13.9. The SMILES string of the molecule is CC(C)(C)OC(=O)N1CCCC(c2nc3c([nH]2)CCCC3)C1. The predicted octanol–water partition coefficient (Wildman–Crippen LogP) is 3.40. The molecule has 0 bridgehead atoms. The molecule has 0 radical (unpaired) electrons.